The first-order chi connectivity index (χ1) is 9.47. The Morgan fingerprint density at radius 1 is 1.40 bits per heavy atom. The fourth-order valence-electron chi connectivity index (χ4n) is 3.50. The first-order valence-electron chi connectivity index (χ1n) is 7.50. The Kier molecular flexibility index (Phi) is 3.19. The number of pyridine rings is 1. The van der Waals surface area contributed by atoms with E-state index >= 15 is 0 Å². The summed E-state index contributed by atoms with van der Waals surface area (Å²) in [7, 11) is 0. The van der Waals surface area contributed by atoms with E-state index in [9.17, 15) is 9.90 Å². The first-order valence-corrected chi connectivity index (χ1v) is 7.50. The van der Waals surface area contributed by atoms with Crippen LogP contribution >= 0.6 is 0 Å². The molecule has 2 N–H and O–H groups in total. The second-order valence-corrected chi connectivity index (χ2v) is 6.73. The third-order valence-corrected chi connectivity index (χ3v) is 4.85. The van der Waals surface area contributed by atoms with Gasteiger partial charge in [0.05, 0.1) is 0 Å². The predicted octanol–water partition coefficient (Wildman–Crippen LogP) is 3.26. The number of fused-ring (bicyclic) bond motifs is 1. The molecule has 1 aromatic heterocycles. The van der Waals surface area contributed by atoms with Crippen LogP contribution in [0.2, 0.25) is 0 Å². The Balaban J connectivity index is 1.94. The van der Waals surface area contributed by atoms with Gasteiger partial charge in [0.25, 0.3) is 0 Å². The largest absolute Gasteiger partial charge is 0.478 e. The molecule has 1 fully saturated rings. The predicted molar refractivity (Wildman–Crippen MR) is 78.3 cm³/mol. The lowest BCUT2D eigenvalue weighted by Crippen LogP contribution is -2.32. The topological polar surface area (TPSA) is 62.2 Å². The maximum Gasteiger partial charge on any atom is 0.339 e. The quantitative estimate of drug-likeness (QED) is 0.888. The Bertz CT molecular complexity index is 552. The van der Waals surface area contributed by atoms with Crippen LogP contribution in [0.4, 0.5) is 5.82 Å². The molecule has 0 saturated heterocycles. The van der Waals surface area contributed by atoms with E-state index in [2.05, 4.69) is 24.1 Å². The van der Waals surface area contributed by atoms with Crippen molar-refractivity contribution in [3.8, 4) is 0 Å². The van der Waals surface area contributed by atoms with Gasteiger partial charge in [-0.25, -0.2) is 9.78 Å². The van der Waals surface area contributed by atoms with Gasteiger partial charge in [-0.1, -0.05) is 20.3 Å². The van der Waals surface area contributed by atoms with Crippen LogP contribution in [-0.4, -0.2) is 22.1 Å². The molecule has 2 aliphatic rings. The summed E-state index contributed by atoms with van der Waals surface area (Å²) in [5.74, 6) is -0.316. The van der Waals surface area contributed by atoms with Crippen molar-refractivity contribution in [3.05, 3.63) is 22.9 Å². The molecule has 1 unspecified atom stereocenters. The van der Waals surface area contributed by atoms with E-state index in [0.717, 1.165) is 36.9 Å². The average Bonchev–Trinajstić information content (AvgIpc) is 2.95. The van der Waals surface area contributed by atoms with Crippen LogP contribution in [0.5, 0.6) is 0 Å². The van der Waals surface area contributed by atoms with Crippen molar-refractivity contribution < 1.29 is 9.90 Å². The molecule has 4 heteroatoms. The number of nitrogens with one attached hydrogen (secondary N) is 1. The summed E-state index contributed by atoms with van der Waals surface area (Å²) in [6.45, 7) is 4.48. The minimum absolute atomic E-state index is 0.205. The molecule has 1 atom stereocenters. The number of nitrogens with zero attached hydrogens (tertiary/aromatic N) is 1. The molecule has 20 heavy (non-hydrogen) atoms. The lowest BCUT2D eigenvalue weighted by atomic mass is 9.87. The van der Waals surface area contributed by atoms with Crippen molar-refractivity contribution >= 4 is 11.8 Å². The highest BCUT2D eigenvalue weighted by Gasteiger charge is 2.35. The molecule has 108 valence electrons. The van der Waals surface area contributed by atoms with E-state index in [-0.39, 0.29) is 5.41 Å². The van der Waals surface area contributed by atoms with E-state index in [0.29, 0.717) is 17.4 Å². The molecule has 1 saturated carbocycles. The zero-order valence-corrected chi connectivity index (χ0v) is 12.2. The summed E-state index contributed by atoms with van der Waals surface area (Å²) in [5, 5.41) is 12.8. The van der Waals surface area contributed by atoms with Crippen LogP contribution in [0.1, 0.15) is 61.1 Å². The molecule has 1 aromatic rings. The van der Waals surface area contributed by atoms with E-state index in [1.807, 2.05) is 6.07 Å². The second kappa shape index (κ2) is 4.76. The third kappa shape index (κ3) is 2.28. The van der Waals surface area contributed by atoms with Gasteiger partial charge in [-0.05, 0) is 49.1 Å². The number of aromatic carboxylic acids is 1. The molecule has 4 nitrogen and oxygen atoms in total. The van der Waals surface area contributed by atoms with Gasteiger partial charge in [0.1, 0.15) is 11.4 Å². The van der Waals surface area contributed by atoms with E-state index in [4.69, 9.17) is 0 Å². The standard InChI is InChI=1S/C16H22N2O2/c1-16(2)8-4-7-13(16)18-14-11(15(19)20)9-10-5-3-6-12(10)17-14/h9,13H,3-8H2,1-2H3,(H,17,18)(H,19,20). The number of hydrogen-bond donors (Lipinski definition) is 2. The van der Waals surface area contributed by atoms with Crippen molar-refractivity contribution in [1.29, 1.82) is 0 Å². The molecule has 0 spiro atoms. The van der Waals surface area contributed by atoms with Gasteiger partial charge in [0, 0.05) is 11.7 Å². The number of carbonyl (C=O) groups is 1. The molecule has 0 aromatic carbocycles. The molecule has 0 bridgehead atoms. The Morgan fingerprint density at radius 3 is 2.85 bits per heavy atom. The number of hydrogen-bond acceptors (Lipinski definition) is 3. The highest BCUT2D eigenvalue weighted by Crippen LogP contribution is 2.39. The van der Waals surface area contributed by atoms with E-state index in [1.54, 1.807) is 0 Å². The van der Waals surface area contributed by atoms with Crippen molar-refractivity contribution in [3.63, 3.8) is 0 Å². The normalized spacial score (nSPS) is 23.6. The summed E-state index contributed by atoms with van der Waals surface area (Å²) in [6, 6.07) is 2.13. The van der Waals surface area contributed by atoms with Gasteiger partial charge in [-0.2, -0.15) is 0 Å². The van der Waals surface area contributed by atoms with Crippen LogP contribution in [0, 0.1) is 5.41 Å². The summed E-state index contributed by atoms with van der Waals surface area (Å²) >= 11 is 0. The lowest BCUT2D eigenvalue weighted by molar-refractivity contribution is 0.0697. The molecule has 0 aliphatic heterocycles. The zero-order chi connectivity index (χ0) is 14.3. The van der Waals surface area contributed by atoms with Crippen LogP contribution in [0.25, 0.3) is 0 Å². The highest BCUT2D eigenvalue weighted by molar-refractivity contribution is 5.93. The smallest absolute Gasteiger partial charge is 0.339 e. The van der Waals surface area contributed by atoms with E-state index in [1.165, 1.54) is 12.8 Å². The van der Waals surface area contributed by atoms with E-state index < -0.39 is 5.97 Å². The van der Waals surface area contributed by atoms with Gasteiger partial charge in [-0.3, -0.25) is 0 Å². The van der Waals surface area contributed by atoms with Gasteiger partial charge in [0.2, 0.25) is 0 Å². The zero-order valence-electron chi connectivity index (χ0n) is 12.2. The number of rotatable bonds is 3. The molecule has 0 radical (unpaired) electrons. The fraction of sp³-hybridized carbons (Fsp3) is 0.625. The molecule has 1 heterocycles. The van der Waals surface area contributed by atoms with Crippen LogP contribution in [0.15, 0.2) is 6.07 Å². The Morgan fingerprint density at radius 2 is 2.20 bits per heavy atom. The number of carboxylic acids is 1. The van der Waals surface area contributed by atoms with Crippen LogP contribution in [-0.2, 0) is 12.8 Å². The number of anilines is 1. The van der Waals surface area contributed by atoms with Gasteiger partial charge >= 0.3 is 5.97 Å². The molecular weight excluding hydrogens is 252 g/mol. The fourth-order valence-corrected chi connectivity index (χ4v) is 3.50. The van der Waals surface area contributed by atoms with Crippen molar-refractivity contribution in [2.45, 2.75) is 58.4 Å². The Labute approximate surface area is 119 Å². The number of aromatic nitrogens is 1. The summed E-state index contributed by atoms with van der Waals surface area (Å²) in [4.78, 5) is 16.1. The lowest BCUT2D eigenvalue weighted by Gasteiger charge is -2.29. The van der Waals surface area contributed by atoms with Crippen molar-refractivity contribution in [2.24, 2.45) is 5.41 Å². The molecular formula is C16H22N2O2. The number of aryl methyl sites for hydroxylation is 2. The minimum atomic E-state index is -0.884. The van der Waals surface area contributed by atoms with Crippen LogP contribution in [0.3, 0.4) is 0 Å². The van der Waals surface area contributed by atoms with Crippen molar-refractivity contribution in [2.75, 3.05) is 5.32 Å². The maximum atomic E-state index is 11.5. The molecule has 0 amide bonds. The highest BCUT2D eigenvalue weighted by atomic mass is 16.4. The van der Waals surface area contributed by atoms with Gasteiger partial charge < -0.3 is 10.4 Å². The second-order valence-electron chi connectivity index (χ2n) is 6.73. The van der Waals surface area contributed by atoms with Crippen LogP contribution < -0.4 is 5.32 Å². The monoisotopic (exact) mass is 274 g/mol. The molecule has 2 aliphatic carbocycles. The number of carboxylic acid groups (broad SMARTS) is 1. The third-order valence-electron chi connectivity index (χ3n) is 4.85. The summed E-state index contributed by atoms with van der Waals surface area (Å²) < 4.78 is 0. The molecule has 3 rings (SSSR count). The average molecular weight is 274 g/mol. The minimum Gasteiger partial charge on any atom is -0.478 e. The van der Waals surface area contributed by atoms with Crippen molar-refractivity contribution in [1.82, 2.24) is 4.98 Å². The first kappa shape index (κ1) is 13.4. The summed E-state index contributed by atoms with van der Waals surface area (Å²) in [5.41, 5.74) is 2.72. The van der Waals surface area contributed by atoms with Gasteiger partial charge in [-0.15, -0.1) is 0 Å². The summed E-state index contributed by atoms with van der Waals surface area (Å²) in [6.07, 6.45) is 6.47. The Hall–Kier alpha value is -1.58. The van der Waals surface area contributed by atoms with Gasteiger partial charge in [0.15, 0.2) is 0 Å². The maximum absolute atomic E-state index is 11.5. The SMILES string of the molecule is CC1(C)CCCC1Nc1nc2c(cc1C(=O)O)CCC2.